The van der Waals surface area contributed by atoms with Gasteiger partial charge in [0.1, 0.15) is 0 Å². The molecule has 0 fully saturated rings. The van der Waals surface area contributed by atoms with Crippen molar-refractivity contribution in [2.24, 2.45) is 0 Å². The van der Waals surface area contributed by atoms with Crippen molar-refractivity contribution < 1.29 is 27.5 Å². The minimum atomic E-state index is -4.85. The van der Waals surface area contributed by atoms with Crippen molar-refractivity contribution in [1.82, 2.24) is 5.32 Å². The molecule has 1 unspecified atom stereocenters. The van der Waals surface area contributed by atoms with Crippen LogP contribution >= 0.6 is 11.6 Å². The Morgan fingerprint density at radius 2 is 2.06 bits per heavy atom. The fourth-order valence-corrected chi connectivity index (χ4v) is 1.25. The molecule has 0 saturated heterocycles. The molecular weight excluding hydrogens is 278 g/mol. The molecule has 0 heterocycles. The van der Waals surface area contributed by atoms with Crippen LogP contribution in [0.15, 0.2) is 18.2 Å². The summed E-state index contributed by atoms with van der Waals surface area (Å²) in [5.74, 6) is -2.11. The molecule has 1 aromatic carbocycles. The Morgan fingerprint density at radius 3 is 2.61 bits per heavy atom. The molecular formula is C10H8ClF4NO2. The van der Waals surface area contributed by atoms with Gasteiger partial charge in [-0.25, -0.2) is 4.39 Å². The van der Waals surface area contributed by atoms with Crippen LogP contribution in [0.25, 0.3) is 0 Å². The summed E-state index contributed by atoms with van der Waals surface area (Å²) in [6.07, 6.45) is -7.55. The SMILES string of the molecule is O=C(NCC(O)C(F)(F)F)c1cccc(Cl)c1F. The number of halogens is 5. The lowest BCUT2D eigenvalue weighted by Gasteiger charge is -2.15. The summed E-state index contributed by atoms with van der Waals surface area (Å²) in [4.78, 5) is 11.4. The van der Waals surface area contributed by atoms with Gasteiger partial charge in [-0.1, -0.05) is 17.7 Å². The van der Waals surface area contributed by atoms with E-state index in [2.05, 4.69) is 0 Å². The highest BCUT2D eigenvalue weighted by atomic mass is 35.5. The first-order valence-corrected chi connectivity index (χ1v) is 5.08. The van der Waals surface area contributed by atoms with Crippen LogP contribution in [0.5, 0.6) is 0 Å². The maximum absolute atomic E-state index is 13.3. The molecule has 3 nitrogen and oxygen atoms in total. The van der Waals surface area contributed by atoms with E-state index in [0.29, 0.717) is 0 Å². The molecule has 1 aromatic rings. The monoisotopic (exact) mass is 285 g/mol. The Morgan fingerprint density at radius 1 is 1.44 bits per heavy atom. The van der Waals surface area contributed by atoms with Crippen molar-refractivity contribution in [2.75, 3.05) is 6.54 Å². The molecule has 2 N–H and O–H groups in total. The van der Waals surface area contributed by atoms with Gasteiger partial charge in [0.15, 0.2) is 11.9 Å². The predicted molar refractivity (Wildman–Crippen MR) is 55.8 cm³/mol. The second kappa shape index (κ2) is 5.53. The molecule has 0 spiro atoms. The van der Waals surface area contributed by atoms with Crippen LogP contribution in [0.2, 0.25) is 5.02 Å². The summed E-state index contributed by atoms with van der Waals surface area (Å²) < 4.78 is 49.2. The van der Waals surface area contributed by atoms with Crippen molar-refractivity contribution in [3.63, 3.8) is 0 Å². The maximum atomic E-state index is 13.3. The second-order valence-corrected chi connectivity index (χ2v) is 3.78. The molecule has 1 rings (SSSR count). The fraction of sp³-hybridized carbons (Fsp3) is 0.300. The predicted octanol–water partition coefficient (Wildman–Crippen LogP) is 2.13. The number of alkyl halides is 3. The summed E-state index contributed by atoms with van der Waals surface area (Å²) in [6.45, 7) is -1.06. The fourth-order valence-electron chi connectivity index (χ4n) is 1.08. The molecule has 0 radical (unpaired) electrons. The lowest BCUT2D eigenvalue weighted by atomic mass is 10.2. The van der Waals surface area contributed by atoms with Gasteiger partial charge in [-0.05, 0) is 12.1 Å². The lowest BCUT2D eigenvalue weighted by molar-refractivity contribution is -0.201. The van der Waals surface area contributed by atoms with E-state index in [-0.39, 0.29) is 5.02 Å². The number of carbonyl (C=O) groups excluding carboxylic acids is 1. The van der Waals surface area contributed by atoms with Crippen molar-refractivity contribution in [3.05, 3.63) is 34.6 Å². The number of hydrogen-bond donors (Lipinski definition) is 2. The highest BCUT2D eigenvalue weighted by Crippen LogP contribution is 2.20. The Hall–Kier alpha value is -1.34. The summed E-state index contributed by atoms with van der Waals surface area (Å²) in [7, 11) is 0. The van der Waals surface area contributed by atoms with Gasteiger partial charge in [0, 0.05) is 0 Å². The molecule has 0 bridgehead atoms. The van der Waals surface area contributed by atoms with Gasteiger partial charge < -0.3 is 10.4 Å². The minimum absolute atomic E-state index is 0.320. The van der Waals surface area contributed by atoms with E-state index in [0.717, 1.165) is 6.07 Å². The molecule has 1 amide bonds. The normalized spacial score (nSPS) is 13.2. The number of amides is 1. The third-order valence-electron chi connectivity index (χ3n) is 2.03. The van der Waals surface area contributed by atoms with Crippen LogP contribution in [0, 0.1) is 5.82 Å². The topological polar surface area (TPSA) is 49.3 Å². The summed E-state index contributed by atoms with van der Waals surface area (Å²) in [5.41, 5.74) is -0.489. The van der Waals surface area contributed by atoms with Crippen molar-refractivity contribution in [3.8, 4) is 0 Å². The molecule has 0 saturated carbocycles. The van der Waals surface area contributed by atoms with Gasteiger partial charge in [0.25, 0.3) is 5.91 Å². The van der Waals surface area contributed by atoms with Crippen LogP contribution in [-0.4, -0.2) is 29.8 Å². The van der Waals surface area contributed by atoms with E-state index < -0.39 is 36.1 Å². The molecule has 0 aromatic heterocycles. The van der Waals surface area contributed by atoms with Gasteiger partial charge in [-0.3, -0.25) is 4.79 Å². The first-order chi connectivity index (χ1) is 8.23. The van der Waals surface area contributed by atoms with E-state index in [4.69, 9.17) is 16.7 Å². The Labute approximate surface area is 104 Å². The van der Waals surface area contributed by atoms with E-state index in [1.807, 2.05) is 0 Å². The molecule has 100 valence electrons. The standard InChI is InChI=1S/C10H8ClF4NO2/c11-6-3-1-2-5(8(6)12)9(18)16-4-7(17)10(13,14)15/h1-3,7,17H,4H2,(H,16,18). The van der Waals surface area contributed by atoms with E-state index in [9.17, 15) is 22.4 Å². The average molecular weight is 286 g/mol. The van der Waals surface area contributed by atoms with Crippen LogP contribution in [0.1, 0.15) is 10.4 Å². The van der Waals surface area contributed by atoms with Gasteiger partial charge >= 0.3 is 6.18 Å². The first kappa shape index (κ1) is 14.7. The number of hydrogen-bond acceptors (Lipinski definition) is 2. The van der Waals surface area contributed by atoms with E-state index >= 15 is 0 Å². The maximum Gasteiger partial charge on any atom is 0.416 e. The van der Waals surface area contributed by atoms with E-state index in [1.165, 1.54) is 12.1 Å². The Balaban J connectivity index is 2.70. The van der Waals surface area contributed by atoms with E-state index in [1.54, 1.807) is 5.32 Å². The van der Waals surface area contributed by atoms with Crippen molar-refractivity contribution in [2.45, 2.75) is 12.3 Å². The van der Waals surface area contributed by atoms with Gasteiger partial charge in [-0.2, -0.15) is 13.2 Å². The van der Waals surface area contributed by atoms with Gasteiger partial charge in [0.05, 0.1) is 17.1 Å². The number of benzene rings is 1. The zero-order valence-electron chi connectivity index (χ0n) is 8.76. The third kappa shape index (κ3) is 3.58. The summed E-state index contributed by atoms with van der Waals surface area (Å²) in [5, 5.41) is 10.1. The van der Waals surface area contributed by atoms with Crippen LogP contribution in [0.4, 0.5) is 17.6 Å². The Bertz CT molecular complexity index is 450. The molecule has 0 aliphatic heterocycles. The molecule has 0 aliphatic carbocycles. The zero-order valence-corrected chi connectivity index (χ0v) is 9.52. The number of rotatable bonds is 3. The number of nitrogens with one attached hydrogen (secondary N) is 1. The van der Waals surface area contributed by atoms with Crippen LogP contribution < -0.4 is 5.32 Å². The Kier molecular flexibility index (Phi) is 4.53. The lowest BCUT2D eigenvalue weighted by Crippen LogP contribution is -2.40. The zero-order chi connectivity index (χ0) is 13.9. The summed E-state index contributed by atoms with van der Waals surface area (Å²) >= 11 is 5.41. The van der Waals surface area contributed by atoms with Crippen molar-refractivity contribution in [1.29, 1.82) is 0 Å². The number of carbonyl (C=O) groups is 1. The molecule has 1 atom stereocenters. The largest absolute Gasteiger partial charge is 0.416 e. The average Bonchev–Trinajstić information content (AvgIpc) is 2.27. The smallest absolute Gasteiger partial charge is 0.382 e. The highest BCUT2D eigenvalue weighted by Gasteiger charge is 2.38. The van der Waals surface area contributed by atoms with Crippen molar-refractivity contribution >= 4 is 17.5 Å². The minimum Gasteiger partial charge on any atom is -0.382 e. The number of aliphatic hydroxyl groups excluding tert-OH is 1. The highest BCUT2D eigenvalue weighted by molar-refractivity contribution is 6.31. The second-order valence-electron chi connectivity index (χ2n) is 3.37. The van der Waals surface area contributed by atoms with Crippen LogP contribution in [0.3, 0.4) is 0 Å². The molecule has 18 heavy (non-hydrogen) atoms. The number of aliphatic hydroxyl groups is 1. The quantitative estimate of drug-likeness (QED) is 0.836. The van der Waals surface area contributed by atoms with Gasteiger partial charge in [0.2, 0.25) is 0 Å². The van der Waals surface area contributed by atoms with Crippen LogP contribution in [-0.2, 0) is 0 Å². The summed E-state index contributed by atoms with van der Waals surface area (Å²) in [6, 6.07) is 3.54. The first-order valence-electron chi connectivity index (χ1n) is 4.70. The van der Waals surface area contributed by atoms with Gasteiger partial charge in [-0.15, -0.1) is 0 Å². The third-order valence-corrected chi connectivity index (χ3v) is 2.32. The molecule has 8 heteroatoms. The molecule has 0 aliphatic rings.